The number of hydrogen-bond donors (Lipinski definition) is 2. The van der Waals surface area contributed by atoms with E-state index in [-0.39, 0.29) is 12.2 Å². The molecule has 1 amide bonds. The second-order valence-corrected chi connectivity index (χ2v) is 3.58. The Morgan fingerprint density at radius 1 is 1.53 bits per heavy atom. The van der Waals surface area contributed by atoms with E-state index in [1.165, 1.54) is 0 Å². The van der Waals surface area contributed by atoms with E-state index in [1.54, 1.807) is 39.2 Å². The normalized spacial score (nSPS) is 11.9. The highest BCUT2D eigenvalue weighted by atomic mass is 16.7. The SMILES string of the molecule is CCC(=O)Nc1ccc(OC(C)OC)c(N)c1. The number of methoxy groups -OCH3 is 1. The number of ether oxygens (including phenoxy) is 2. The zero-order valence-electron chi connectivity index (χ0n) is 10.3. The minimum atomic E-state index is -0.367. The van der Waals surface area contributed by atoms with Crippen molar-refractivity contribution >= 4 is 17.3 Å². The average Bonchev–Trinajstić information content (AvgIpc) is 2.32. The predicted octanol–water partition coefficient (Wildman–Crippen LogP) is 1.99. The van der Waals surface area contributed by atoms with Crippen LogP contribution >= 0.6 is 0 Å². The van der Waals surface area contributed by atoms with E-state index in [0.29, 0.717) is 23.5 Å². The lowest BCUT2D eigenvalue weighted by Gasteiger charge is -2.15. The van der Waals surface area contributed by atoms with Crippen LogP contribution in [0.2, 0.25) is 0 Å². The van der Waals surface area contributed by atoms with Crippen LogP contribution in [0.5, 0.6) is 5.75 Å². The highest BCUT2D eigenvalue weighted by Crippen LogP contribution is 2.26. The Morgan fingerprint density at radius 2 is 2.24 bits per heavy atom. The van der Waals surface area contributed by atoms with Crippen LogP contribution in [-0.4, -0.2) is 19.3 Å². The van der Waals surface area contributed by atoms with Crippen LogP contribution in [0.1, 0.15) is 20.3 Å². The highest BCUT2D eigenvalue weighted by Gasteiger charge is 2.07. The summed E-state index contributed by atoms with van der Waals surface area (Å²) in [6.45, 7) is 3.56. The molecule has 0 aromatic heterocycles. The lowest BCUT2D eigenvalue weighted by molar-refractivity contribution is -0.115. The summed E-state index contributed by atoms with van der Waals surface area (Å²) >= 11 is 0. The Bertz CT molecular complexity index is 393. The van der Waals surface area contributed by atoms with Crippen molar-refractivity contribution in [1.29, 1.82) is 0 Å². The molecule has 0 radical (unpaired) electrons. The molecule has 0 saturated heterocycles. The van der Waals surface area contributed by atoms with Crippen LogP contribution in [0.4, 0.5) is 11.4 Å². The van der Waals surface area contributed by atoms with Gasteiger partial charge in [0.25, 0.3) is 0 Å². The topological polar surface area (TPSA) is 73.6 Å². The van der Waals surface area contributed by atoms with Crippen LogP contribution in [0.3, 0.4) is 0 Å². The monoisotopic (exact) mass is 238 g/mol. The molecule has 1 unspecified atom stereocenters. The van der Waals surface area contributed by atoms with Gasteiger partial charge in [-0.1, -0.05) is 6.92 Å². The smallest absolute Gasteiger partial charge is 0.224 e. The summed E-state index contributed by atoms with van der Waals surface area (Å²) in [6.07, 6.45) is 0.0622. The molecule has 0 heterocycles. The third-order valence-corrected chi connectivity index (χ3v) is 2.24. The van der Waals surface area contributed by atoms with Gasteiger partial charge in [-0.25, -0.2) is 0 Å². The van der Waals surface area contributed by atoms with Crippen molar-refractivity contribution < 1.29 is 14.3 Å². The van der Waals surface area contributed by atoms with Crippen molar-refractivity contribution in [1.82, 2.24) is 0 Å². The first-order chi connectivity index (χ1) is 8.06. The maximum atomic E-state index is 11.2. The number of benzene rings is 1. The number of rotatable bonds is 5. The Labute approximate surface area is 101 Å². The molecule has 0 aliphatic carbocycles. The molecule has 1 rings (SSSR count). The molecule has 0 aliphatic rings. The molecule has 5 heteroatoms. The van der Waals surface area contributed by atoms with Gasteiger partial charge in [0.2, 0.25) is 5.91 Å². The van der Waals surface area contributed by atoms with Gasteiger partial charge >= 0.3 is 0 Å². The zero-order chi connectivity index (χ0) is 12.8. The number of amides is 1. The number of nitrogens with one attached hydrogen (secondary N) is 1. The van der Waals surface area contributed by atoms with E-state index in [0.717, 1.165) is 0 Å². The fourth-order valence-electron chi connectivity index (χ4n) is 1.21. The van der Waals surface area contributed by atoms with Crippen LogP contribution in [-0.2, 0) is 9.53 Å². The standard InChI is InChI=1S/C12H18N2O3/c1-4-12(15)14-9-5-6-11(10(13)7-9)17-8(2)16-3/h5-8H,4,13H2,1-3H3,(H,14,15). The first-order valence-electron chi connectivity index (χ1n) is 5.45. The summed E-state index contributed by atoms with van der Waals surface area (Å²) in [6, 6.07) is 5.10. The molecule has 1 atom stereocenters. The Hall–Kier alpha value is -1.75. The molecule has 1 aromatic carbocycles. The Balaban J connectivity index is 2.75. The molecular formula is C12H18N2O3. The number of anilines is 2. The Morgan fingerprint density at radius 3 is 2.76 bits per heavy atom. The van der Waals surface area contributed by atoms with Crippen molar-refractivity contribution in [2.45, 2.75) is 26.6 Å². The van der Waals surface area contributed by atoms with Crippen LogP contribution in [0.25, 0.3) is 0 Å². The van der Waals surface area contributed by atoms with Gasteiger partial charge in [-0.05, 0) is 25.1 Å². The molecule has 0 aliphatic heterocycles. The van der Waals surface area contributed by atoms with Gasteiger partial charge in [0.15, 0.2) is 6.29 Å². The third kappa shape index (κ3) is 3.96. The van der Waals surface area contributed by atoms with E-state index >= 15 is 0 Å². The van der Waals surface area contributed by atoms with E-state index < -0.39 is 0 Å². The lowest BCUT2D eigenvalue weighted by Crippen LogP contribution is -2.15. The molecule has 0 spiro atoms. The number of nitrogens with two attached hydrogens (primary N) is 1. The minimum absolute atomic E-state index is 0.0525. The van der Waals surface area contributed by atoms with Gasteiger partial charge in [-0.3, -0.25) is 4.79 Å². The first-order valence-corrected chi connectivity index (χ1v) is 5.45. The summed E-state index contributed by atoms with van der Waals surface area (Å²) in [4.78, 5) is 11.2. The van der Waals surface area contributed by atoms with E-state index in [1.807, 2.05) is 0 Å². The van der Waals surface area contributed by atoms with Crippen molar-refractivity contribution in [3.63, 3.8) is 0 Å². The van der Waals surface area contributed by atoms with Crippen LogP contribution in [0, 0.1) is 0 Å². The third-order valence-electron chi connectivity index (χ3n) is 2.24. The van der Waals surface area contributed by atoms with Crippen molar-refractivity contribution in [2.75, 3.05) is 18.2 Å². The van der Waals surface area contributed by atoms with Gasteiger partial charge < -0.3 is 20.5 Å². The molecule has 0 bridgehead atoms. The highest BCUT2D eigenvalue weighted by molar-refractivity contribution is 5.91. The van der Waals surface area contributed by atoms with Gasteiger partial charge in [-0.2, -0.15) is 0 Å². The van der Waals surface area contributed by atoms with E-state index in [9.17, 15) is 4.79 Å². The van der Waals surface area contributed by atoms with Crippen molar-refractivity contribution in [3.05, 3.63) is 18.2 Å². The number of nitrogen functional groups attached to an aromatic ring is 1. The van der Waals surface area contributed by atoms with Gasteiger partial charge in [0.05, 0.1) is 5.69 Å². The lowest BCUT2D eigenvalue weighted by atomic mass is 10.2. The summed E-state index contributed by atoms with van der Waals surface area (Å²) in [7, 11) is 1.55. The summed E-state index contributed by atoms with van der Waals surface area (Å²) in [5.74, 6) is 0.483. The average molecular weight is 238 g/mol. The van der Waals surface area contributed by atoms with E-state index in [2.05, 4.69) is 5.32 Å². The van der Waals surface area contributed by atoms with Crippen LogP contribution in [0.15, 0.2) is 18.2 Å². The maximum Gasteiger partial charge on any atom is 0.224 e. The molecular weight excluding hydrogens is 220 g/mol. The Kier molecular flexibility index (Phi) is 4.78. The number of hydrogen-bond acceptors (Lipinski definition) is 4. The molecule has 94 valence electrons. The predicted molar refractivity (Wildman–Crippen MR) is 66.9 cm³/mol. The molecule has 0 saturated carbocycles. The first kappa shape index (κ1) is 13.3. The summed E-state index contributed by atoms with van der Waals surface area (Å²) in [5.41, 5.74) is 6.93. The van der Waals surface area contributed by atoms with Crippen molar-refractivity contribution in [3.8, 4) is 5.75 Å². The van der Waals surface area contributed by atoms with Crippen molar-refractivity contribution in [2.24, 2.45) is 0 Å². The fraction of sp³-hybridized carbons (Fsp3) is 0.417. The number of carbonyl (C=O) groups is 1. The maximum absolute atomic E-state index is 11.2. The quantitative estimate of drug-likeness (QED) is 0.607. The number of carbonyl (C=O) groups excluding carboxylic acids is 1. The zero-order valence-corrected chi connectivity index (χ0v) is 10.3. The molecule has 1 aromatic rings. The minimum Gasteiger partial charge on any atom is -0.463 e. The molecule has 17 heavy (non-hydrogen) atoms. The molecule has 0 fully saturated rings. The largest absolute Gasteiger partial charge is 0.463 e. The van der Waals surface area contributed by atoms with Crippen LogP contribution < -0.4 is 15.8 Å². The van der Waals surface area contributed by atoms with Gasteiger partial charge in [0.1, 0.15) is 5.75 Å². The second-order valence-electron chi connectivity index (χ2n) is 3.58. The molecule has 5 nitrogen and oxygen atoms in total. The summed E-state index contributed by atoms with van der Waals surface area (Å²) < 4.78 is 10.4. The second kappa shape index (κ2) is 6.10. The fourth-order valence-corrected chi connectivity index (χ4v) is 1.21. The van der Waals surface area contributed by atoms with Gasteiger partial charge in [0, 0.05) is 19.2 Å². The summed E-state index contributed by atoms with van der Waals surface area (Å²) in [5, 5.41) is 2.72. The van der Waals surface area contributed by atoms with E-state index in [4.69, 9.17) is 15.2 Å². The molecule has 3 N–H and O–H groups in total. The van der Waals surface area contributed by atoms with Gasteiger partial charge in [-0.15, -0.1) is 0 Å².